The third-order valence-electron chi connectivity index (χ3n) is 2.48. The zero-order chi connectivity index (χ0) is 16.2. The Bertz CT molecular complexity index is 663. The number of amides is 1. The van der Waals surface area contributed by atoms with Crippen molar-refractivity contribution in [1.29, 1.82) is 0 Å². The molecular formula is C11H12Cl2N2O5S. The molecule has 1 aromatic carbocycles. The van der Waals surface area contributed by atoms with Gasteiger partial charge in [-0.25, -0.2) is 8.42 Å². The fraction of sp³-hybridized carbons (Fsp3) is 0.273. The lowest BCUT2D eigenvalue weighted by Gasteiger charge is -2.14. The Kier molecular flexibility index (Phi) is 5.97. The largest absolute Gasteiger partial charge is 0.480 e. The molecule has 0 aliphatic carbocycles. The first-order chi connectivity index (χ1) is 9.63. The van der Waals surface area contributed by atoms with Gasteiger partial charge in [0.25, 0.3) is 0 Å². The molecule has 21 heavy (non-hydrogen) atoms. The minimum atomic E-state index is -4.12. The molecule has 1 atom stereocenters. The Morgan fingerprint density at radius 1 is 1.29 bits per heavy atom. The first-order valence-corrected chi connectivity index (χ1v) is 7.86. The predicted molar refractivity (Wildman–Crippen MR) is 76.6 cm³/mol. The zero-order valence-corrected chi connectivity index (χ0v) is 12.9. The van der Waals surface area contributed by atoms with E-state index in [2.05, 4.69) is 0 Å². The maximum atomic E-state index is 12.1. The summed E-state index contributed by atoms with van der Waals surface area (Å²) in [6.45, 7) is 0. The van der Waals surface area contributed by atoms with Crippen LogP contribution >= 0.6 is 23.2 Å². The number of carboxylic acid groups (broad SMARTS) is 1. The Morgan fingerprint density at radius 2 is 1.90 bits per heavy atom. The number of rotatable bonds is 7. The van der Waals surface area contributed by atoms with Crippen molar-refractivity contribution in [1.82, 2.24) is 4.72 Å². The molecule has 0 saturated heterocycles. The van der Waals surface area contributed by atoms with Gasteiger partial charge in [0.1, 0.15) is 6.04 Å². The van der Waals surface area contributed by atoms with Gasteiger partial charge in [-0.15, -0.1) is 0 Å². The van der Waals surface area contributed by atoms with Crippen molar-refractivity contribution >= 4 is 45.1 Å². The normalized spacial score (nSPS) is 12.9. The van der Waals surface area contributed by atoms with Gasteiger partial charge < -0.3 is 10.8 Å². The molecule has 116 valence electrons. The summed E-state index contributed by atoms with van der Waals surface area (Å²) in [5, 5.41) is 9.15. The number of aliphatic carboxylic acids is 1. The minimum Gasteiger partial charge on any atom is -0.480 e. The van der Waals surface area contributed by atoms with Crippen molar-refractivity contribution < 1.29 is 23.1 Å². The predicted octanol–water partition coefficient (Wildman–Crippen LogP) is 0.990. The molecular weight excluding hydrogens is 343 g/mol. The third kappa shape index (κ3) is 5.16. The van der Waals surface area contributed by atoms with E-state index in [4.69, 9.17) is 34.0 Å². The Labute approximate surface area is 131 Å². The molecule has 0 radical (unpaired) electrons. The Morgan fingerprint density at radius 3 is 2.38 bits per heavy atom. The Hall–Kier alpha value is -1.35. The second-order valence-electron chi connectivity index (χ2n) is 4.09. The SMILES string of the molecule is NC(=O)CCC(NS(=O)(=O)c1ccc(Cl)c(Cl)c1)C(=O)O. The lowest BCUT2D eigenvalue weighted by molar-refractivity contribution is -0.139. The molecule has 1 aromatic rings. The van der Waals surface area contributed by atoms with E-state index in [0.29, 0.717) is 0 Å². The van der Waals surface area contributed by atoms with E-state index in [-0.39, 0.29) is 27.8 Å². The molecule has 10 heteroatoms. The molecule has 1 unspecified atom stereocenters. The lowest BCUT2D eigenvalue weighted by atomic mass is 10.2. The van der Waals surface area contributed by atoms with Crippen LogP contribution < -0.4 is 10.5 Å². The van der Waals surface area contributed by atoms with Crippen molar-refractivity contribution in [2.24, 2.45) is 5.73 Å². The van der Waals surface area contributed by atoms with Gasteiger partial charge in [0.05, 0.1) is 14.9 Å². The molecule has 0 spiro atoms. The van der Waals surface area contributed by atoms with E-state index in [1.165, 1.54) is 12.1 Å². The Balaban J connectivity index is 2.97. The first-order valence-electron chi connectivity index (χ1n) is 5.62. The lowest BCUT2D eigenvalue weighted by Crippen LogP contribution is -2.41. The highest BCUT2D eigenvalue weighted by Gasteiger charge is 2.26. The van der Waals surface area contributed by atoms with Gasteiger partial charge in [0.15, 0.2) is 0 Å². The van der Waals surface area contributed by atoms with Gasteiger partial charge in [-0.2, -0.15) is 4.72 Å². The van der Waals surface area contributed by atoms with Crippen LogP contribution in [0.3, 0.4) is 0 Å². The number of primary amides is 1. The molecule has 0 fully saturated rings. The number of carbonyl (C=O) groups excluding carboxylic acids is 1. The molecule has 0 aromatic heterocycles. The maximum absolute atomic E-state index is 12.1. The van der Waals surface area contributed by atoms with Crippen LogP contribution in [0.4, 0.5) is 0 Å². The molecule has 0 aliphatic heterocycles. The van der Waals surface area contributed by atoms with Crippen molar-refractivity contribution in [3.05, 3.63) is 28.2 Å². The minimum absolute atomic E-state index is 0.0172. The number of nitrogens with one attached hydrogen (secondary N) is 1. The molecule has 4 N–H and O–H groups in total. The number of carboxylic acids is 1. The molecule has 0 saturated carbocycles. The number of halogens is 2. The average molecular weight is 355 g/mol. The van der Waals surface area contributed by atoms with E-state index >= 15 is 0 Å². The summed E-state index contributed by atoms with van der Waals surface area (Å²) in [7, 11) is -4.12. The van der Waals surface area contributed by atoms with E-state index < -0.39 is 27.9 Å². The molecule has 0 bridgehead atoms. The van der Waals surface area contributed by atoms with Crippen LogP contribution in [-0.2, 0) is 19.6 Å². The zero-order valence-electron chi connectivity index (χ0n) is 10.5. The summed E-state index contributed by atoms with van der Waals surface area (Å²) in [6, 6.07) is 2.08. The summed E-state index contributed by atoms with van der Waals surface area (Å²) in [5.41, 5.74) is 4.91. The highest BCUT2D eigenvalue weighted by Crippen LogP contribution is 2.24. The van der Waals surface area contributed by atoms with Gasteiger partial charge in [-0.1, -0.05) is 23.2 Å². The van der Waals surface area contributed by atoms with E-state index in [1.54, 1.807) is 0 Å². The van der Waals surface area contributed by atoms with Crippen molar-refractivity contribution in [3.63, 3.8) is 0 Å². The standard InChI is InChI=1S/C11H12Cl2N2O5S/c12-7-2-1-6(5-8(7)13)21(19,20)15-9(11(17)18)3-4-10(14)16/h1-2,5,9,15H,3-4H2,(H2,14,16)(H,17,18). The molecule has 7 nitrogen and oxygen atoms in total. The smallest absolute Gasteiger partial charge is 0.321 e. The van der Waals surface area contributed by atoms with Crippen molar-refractivity contribution in [3.8, 4) is 0 Å². The van der Waals surface area contributed by atoms with E-state index in [9.17, 15) is 18.0 Å². The average Bonchev–Trinajstić information content (AvgIpc) is 2.37. The highest BCUT2D eigenvalue weighted by atomic mass is 35.5. The summed E-state index contributed by atoms with van der Waals surface area (Å²) in [6.07, 6.45) is -0.522. The number of hydrogen-bond acceptors (Lipinski definition) is 4. The van der Waals surface area contributed by atoms with Crippen LogP contribution in [0, 0.1) is 0 Å². The van der Waals surface area contributed by atoms with Crippen LogP contribution in [0.15, 0.2) is 23.1 Å². The summed E-state index contributed by atoms with van der Waals surface area (Å²) in [5.74, 6) is -2.14. The third-order valence-corrected chi connectivity index (χ3v) is 4.68. The number of carbonyl (C=O) groups is 2. The maximum Gasteiger partial charge on any atom is 0.321 e. The summed E-state index contributed by atoms with van der Waals surface area (Å²) < 4.78 is 26.1. The van der Waals surface area contributed by atoms with E-state index in [1.807, 2.05) is 4.72 Å². The quantitative estimate of drug-likeness (QED) is 0.672. The van der Waals surface area contributed by atoms with Crippen molar-refractivity contribution in [2.75, 3.05) is 0 Å². The van der Waals surface area contributed by atoms with Gasteiger partial charge in [-0.05, 0) is 24.6 Å². The van der Waals surface area contributed by atoms with Crippen LogP contribution in [0.2, 0.25) is 10.0 Å². The van der Waals surface area contributed by atoms with Crippen molar-refractivity contribution in [2.45, 2.75) is 23.8 Å². The van der Waals surface area contributed by atoms with Crippen LogP contribution in [-0.4, -0.2) is 31.4 Å². The topological polar surface area (TPSA) is 127 Å². The van der Waals surface area contributed by atoms with Gasteiger partial charge in [-0.3, -0.25) is 9.59 Å². The van der Waals surface area contributed by atoms with Crippen LogP contribution in [0.25, 0.3) is 0 Å². The number of hydrogen-bond donors (Lipinski definition) is 3. The second kappa shape index (κ2) is 7.08. The second-order valence-corrected chi connectivity index (χ2v) is 6.62. The molecule has 0 heterocycles. The highest BCUT2D eigenvalue weighted by molar-refractivity contribution is 7.89. The molecule has 1 amide bonds. The number of benzene rings is 1. The molecule has 0 aliphatic rings. The first kappa shape index (κ1) is 17.7. The fourth-order valence-electron chi connectivity index (χ4n) is 1.42. The summed E-state index contributed by atoms with van der Waals surface area (Å²) in [4.78, 5) is 21.4. The van der Waals surface area contributed by atoms with E-state index in [0.717, 1.165) is 6.07 Å². The van der Waals surface area contributed by atoms with Crippen LogP contribution in [0.5, 0.6) is 0 Å². The van der Waals surface area contributed by atoms with Gasteiger partial charge >= 0.3 is 5.97 Å². The fourth-order valence-corrected chi connectivity index (χ4v) is 3.03. The monoisotopic (exact) mass is 354 g/mol. The summed E-state index contributed by atoms with van der Waals surface area (Å²) >= 11 is 11.4. The van der Waals surface area contributed by atoms with Crippen LogP contribution in [0.1, 0.15) is 12.8 Å². The molecule has 1 rings (SSSR count). The number of nitrogens with two attached hydrogens (primary N) is 1. The van der Waals surface area contributed by atoms with Gasteiger partial charge in [0.2, 0.25) is 15.9 Å². The van der Waals surface area contributed by atoms with Gasteiger partial charge in [0, 0.05) is 6.42 Å². The number of sulfonamides is 1.